The quantitative estimate of drug-likeness (QED) is 0.931. The molecule has 0 atom stereocenters. The summed E-state index contributed by atoms with van der Waals surface area (Å²) in [5.74, 6) is -0.235. The van der Waals surface area contributed by atoms with Crippen LogP contribution in [0, 0.1) is 17.1 Å². The van der Waals surface area contributed by atoms with Crippen molar-refractivity contribution in [3.05, 3.63) is 47.0 Å². The standard InChI is InChI=1S/C18H20FN5O/c1-12(2)15-10-16(22-21-15)18(25)24-7-5-23(6-8-24)17-4-3-13(11-20)9-14(17)19/h3-4,9-10,12H,5-8H2,1-2H3,(H,21,22). The monoisotopic (exact) mass is 341 g/mol. The van der Waals surface area contributed by atoms with Crippen LogP contribution in [0.3, 0.4) is 0 Å². The van der Waals surface area contributed by atoms with Gasteiger partial charge in [-0.15, -0.1) is 0 Å². The number of nitriles is 1. The molecule has 2 heterocycles. The average Bonchev–Trinajstić information content (AvgIpc) is 3.11. The van der Waals surface area contributed by atoms with E-state index >= 15 is 0 Å². The van der Waals surface area contributed by atoms with Crippen molar-refractivity contribution in [2.45, 2.75) is 19.8 Å². The van der Waals surface area contributed by atoms with E-state index in [1.165, 1.54) is 6.07 Å². The third kappa shape index (κ3) is 3.48. The van der Waals surface area contributed by atoms with E-state index in [-0.39, 0.29) is 11.8 Å². The van der Waals surface area contributed by atoms with E-state index < -0.39 is 5.82 Å². The molecule has 25 heavy (non-hydrogen) atoms. The van der Waals surface area contributed by atoms with Gasteiger partial charge in [0.2, 0.25) is 0 Å². The lowest BCUT2D eigenvalue weighted by molar-refractivity contribution is 0.0740. The Balaban J connectivity index is 1.65. The van der Waals surface area contributed by atoms with E-state index in [0.29, 0.717) is 43.1 Å². The topological polar surface area (TPSA) is 76.0 Å². The molecule has 7 heteroatoms. The predicted molar refractivity (Wildman–Crippen MR) is 91.9 cm³/mol. The van der Waals surface area contributed by atoms with Gasteiger partial charge in [0, 0.05) is 31.9 Å². The first kappa shape index (κ1) is 17.0. The first-order valence-corrected chi connectivity index (χ1v) is 8.28. The average molecular weight is 341 g/mol. The summed E-state index contributed by atoms with van der Waals surface area (Å²) in [6, 6.07) is 8.18. The first-order chi connectivity index (χ1) is 12.0. The summed E-state index contributed by atoms with van der Waals surface area (Å²) in [4.78, 5) is 16.2. The Labute approximate surface area is 145 Å². The highest BCUT2D eigenvalue weighted by atomic mass is 19.1. The molecule has 1 aromatic heterocycles. The minimum absolute atomic E-state index is 0.108. The van der Waals surface area contributed by atoms with Crippen LogP contribution in [0.25, 0.3) is 0 Å². The van der Waals surface area contributed by atoms with Crippen LogP contribution in [0.15, 0.2) is 24.3 Å². The minimum atomic E-state index is -0.410. The summed E-state index contributed by atoms with van der Waals surface area (Å²) in [6.45, 7) is 6.15. The lowest BCUT2D eigenvalue weighted by Gasteiger charge is -2.35. The van der Waals surface area contributed by atoms with E-state index in [2.05, 4.69) is 10.2 Å². The van der Waals surface area contributed by atoms with Crippen molar-refractivity contribution < 1.29 is 9.18 Å². The fourth-order valence-corrected chi connectivity index (χ4v) is 2.89. The molecule has 1 N–H and O–H groups in total. The lowest BCUT2D eigenvalue weighted by atomic mass is 10.1. The summed E-state index contributed by atoms with van der Waals surface area (Å²) < 4.78 is 14.1. The van der Waals surface area contributed by atoms with Gasteiger partial charge in [0.15, 0.2) is 0 Å². The second kappa shape index (κ2) is 6.93. The van der Waals surface area contributed by atoms with Crippen molar-refractivity contribution >= 4 is 11.6 Å². The van der Waals surface area contributed by atoms with E-state index in [1.807, 2.05) is 24.8 Å². The minimum Gasteiger partial charge on any atom is -0.366 e. The number of H-pyrrole nitrogens is 1. The number of benzene rings is 1. The van der Waals surface area contributed by atoms with Gasteiger partial charge in [-0.1, -0.05) is 13.8 Å². The smallest absolute Gasteiger partial charge is 0.274 e. The van der Waals surface area contributed by atoms with Gasteiger partial charge in [0.05, 0.1) is 17.3 Å². The molecule has 0 spiro atoms. The molecular weight excluding hydrogens is 321 g/mol. The number of carbonyl (C=O) groups is 1. The summed E-state index contributed by atoms with van der Waals surface area (Å²) >= 11 is 0. The van der Waals surface area contributed by atoms with Crippen molar-refractivity contribution in [2.24, 2.45) is 0 Å². The number of hydrogen-bond donors (Lipinski definition) is 1. The number of halogens is 1. The maximum Gasteiger partial charge on any atom is 0.274 e. The highest BCUT2D eigenvalue weighted by molar-refractivity contribution is 5.92. The second-order valence-electron chi connectivity index (χ2n) is 6.42. The summed E-state index contributed by atoms with van der Waals surface area (Å²) in [5.41, 5.74) is 2.12. The Hall–Kier alpha value is -2.88. The SMILES string of the molecule is CC(C)c1cc(C(=O)N2CCN(c3ccc(C#N)cc3F)CC2)n[nH]1. The highest BCUT2D eigenvalue weighted by Gasteiger charge is 2.25. The van der Waals surface area contributed by atoms with Crippen molar-refractivity contribution in [3.8, 4) is 6.07 Å². The van der Waals surface area contributed by atoms with Gasteiger partial charge in [0.1, 0.15) is 11.5 Å². The zero-order valence-corrected chi connectivity index (χ0v) is 14.3. The number of rotatable bonds is 3. The van der Waals surface area contributed by atoms with E-state index in [0.717, 1.165) is 5.69 Å². The molecule has 3 rings (SSSR count). The fraction of sp³-hybridized carbons (Fsp3) is 0.389. The molecule has 1 aliphatic heterocycles. The Morgan fingerprint density at radius 1 is 1.28 bits per heavy atom. The molecule has 1 aromatic carbocycles. The zero-order valence-electron chi connectivity index (χ0n) is 14.3. The molecule has 1 saturated heterocycles. The van der Waals surface area contributed by atoms with Crippen LogP contribution in [0.2, 0.25) is 0 Å². The fourth-order valence-electron chi connectivity index (χ4n) is 2.89. The van der Waals surface area contributed by atoms with Crippen molar-refractivity contribution in [1.82, 2.24) is 15.1 Å². The van der Waals surface area contributed by atoms with Crippen LogP contribution >= 0.6 is 0 Å². The Kier molecular flexibility index (Phi) is 4.70. The van der Waals surface area contributed by atoms with E-state index in [4.69, 9.17) is 5.26 Å². The molecule has 6 nitrogen and oxygen atoms in total. The number of amides is 1. The largest absolute Gasteiger partial charge is 0.366 e. The van der Waals surface area contributed by atoms with Gasteiger partial charge in [-0.05, 0) is 30.2 Å². The molecule has 130 valence electrons. The number of piperazine rings is 1. The summed E-state index contributed by atoms with van der Waals surface area (Å²) in [6.07, 6.45) is 0. The van der Waals surface area contributed by atoms with Gasteiger partial charge < -0.3 is 9.80 Å². The third-order valence-electron chi connectivity index (χ3n) is 4.42. The lowest BCUT2D eigenvalue weighted by Crippen LogP contribution is -2.49. The van der Waals surface area contributed by atoms with Crippen molar-refractivity contribution in [2.75, 3.05) is 31.1 Å². The summed E-state index contributed by atoms with van der Waals surface area (Å²) in [7, 11) is 0. The predicted octanol–water partition coefficient (Wildman–Crippen LogP) is 2.51. The van der Waals surface area contributed by atoms with Crippen LogP contribution < -0.4 is 4.90 Å². The number of hydrogen-bond acceptors (Lipinski definition) is 4. The number of anilines is 1. The van der Waals surface area contributed by atoms with Crippen LogP contribution in [0.5, 0.6) is 0 Å². The van der Waals surface area contributed by atoms with Gasteiger partial charge in [-0.2, -0.15) is 10.4 Å². The van der Waals surface area contributed by atoms with Gasteiger partial charge in [-0.3, -0.25) is 9.89 Å². The molecule has 2 aromatic rings. The van der Waals surface area contributed by atoms with Gasteiger partial charge in [-0.25, -0.2) is 4.39 Å². The number of carbonyl (C=O) groups excluding carboxylic acids is 1. The van der Waals surface area contributed by atoms with Crippen LogP contribution in [-0.2, 0) is 0 Å². The number of aromatic nitrogens is 2. The molecule has 0 bridgehead atoms. The maximum atomic E-state index is 14.1. The number of nitrogens with zero attached hydrogens (tertiary/aromatic N) is 4. The van der Waals surface area contributed by atoms with E-state index in [9.17, 15) is 9.18 Å². The zero-order chi connectivity index (χ0) is 18.0. The van der Waals surface area contributed by atoms with Crippen molar-refractivity contribution in [3.63, 3.8) is 0 Å². The Morgan fingerprint density at radius 3 is 2.56 bits per heavy atom. The molecule has 0 unspecified atom stereocenters. The van der Waals surface area contributed by atoms with Gasteiger partial charge in [0.25, 0.3) is 5.91 Å². The highest BCUT2D eigenvalue weighted by Crippen LogP contribution is 2.22. The molecule has 0 saturated carbocycles. The molecule has 1 aliphatic rings. The molecule has 0 radical (unpaired) electrons. The molecule has 1 fully saturated rings. The maximum absolute atomic E-state index is 14.1. The number of nitrogens with one attached hydrogen (secondary N) is 1. The van der Waals surface area contributed by atoms with Crippen LogP contribution in [0.4, 0.5) is 10.1 Å². The van der Waals surface area contributed by atoms with Gasteiger partial charge >= 0.3 is 0 Å². The van der Waals surface area contributed by atoms with Crippen molar-refractivity contribution in [1.29, 1.82) is 5.26 Å². The molecule has 1 amide bonds. The Bertz CT molecular complexity index is 815. The molecule has 0 aliphatic carbocycles. The number of aromatic amines is 1. The first-order valence-electron chi connectivity index (χ1n) is 8.28. The Morgan fingerprint density at radius 2 is 2.00 bits per heavy atom. The molecular formula is C18H20FN5O. The normalized spacial score (nSPS) is 14.7. The third-order valence-corrected chi connectivity index (χ3v) is 4.42. The van der Waals surface area contributed by atoms with E-state index in [1.54, 1.807) is 23.1 Å². The van der Waals surface area contributed by atoms with Crippen LogP contribution in [0.1, 0.15) is 41.5 Å². The summed E-state index contributed by atoms with van der Waals surface area (Å²) in [5, 5.41) is 15.8. The van der Waals surface area contributed by atoms with Crippen LogP contribution in [-0.4, -0.2) is 47.2 Å². The second-order valence-corrected chi connectivity index (χ2v) is 6.42.